The van der Waals surface area contributed by atoms with Gasteiger partial charge in [-0.15, -0.1) is 11.6 Å². The Kier molecular flexibility index (Phi) is 5.64. The molecule has 19 heavy (non-hydrogen) atoms. The molecule has 0 aliphatic carbocycles. The molecule has 0 heterocycles. The Morgan fingerprint density at radius 2 is 1.74 bits per heavy atom. The van der Waals surface area contributed by atoms with Crippen LogP contribution in [0.4, 0.5) is 13.2 Å². The van der Waals surface area contributed by atoms with Crippen LogP contribution in [0.3, 0.4) is 0 Å². The highest BCUT2D eigenvalue weighted by atomic mass is 35.5. The maximum atomic E-state index is 12.4. The topological polar surface area (TPSA) is 37.4 Å². The van der Waals surface area contributed by atoms with Gasteiger partial charge in [0.25, 0.3) is 0 Å². The van der Waals surface area contributed by atoms with Crippen LogP contribution in [0.2, 0.25) is 0 Å². The summed E-state index contributed by atoms with van der Waals surface area (Å²) in [4.78, 5) is 0. The van der Waals surface area contributed by atoms with E-state index in [0.29, 0.717) is 9.87 Å². The molecule has 0 aliphatic rings. The van der Waals surface area contributed by atoms with Crippen molar-refractivity contribution in [3.8, 4) is 0 Å². The van der Waals surface area contributed by atoms with Crippen molar-refractivity contribution in [2.45, 2.75) is 12.7 Å². The minimum Gasteiger partial charge on any atom is -0.212 e. The van der Waals surface area contributed by atoms with Crippen LogP contribution in [-0.4, -0.2) is 37.1 Å². The number of benzene rings is 1. The van der Waals surface area contributed by atoms with Crippen molar-refractivity contribution in [3.05, 3.63) is 35.9 Å². The molecule has 1 rings (SSSR count). The Labute approximate surface area is 115 Å². The van der Waals surface area contributed by atoms with Crippen molar-refractivity contribution in [2.24, 2.45) is 0 Å². The molecule has 0 unspecified atom stereocenters. The van der Waals surface area contributed by atoms with E-state index in [1.165, 1.54) is 0 Å². The summed E-state index contributed by atoms with van der Waals surface area (Å²) in [6.07, 6.45) is -4.59. The number of rotatable bonds is 6. The predicted octanol–water partition coefficient (Wildman–Crippen LogP) is 2.62. The van der Waals surface area contributed by atoms with E-state index in [1.807, 2.05) is 0 Å². The molecule has 1 aromatic rings. The van der Waals surface area contributed by atoms with E-state index in [9.17, 15) is 21.6 Å². The quantitative estimate of drug-likeness (QED) is 0.757. The van der Waals surface area contributed by atoms with Crippen LogP contribution in [-0.2, 0) is 16.6 Å². The van der Waals surface area contributed by atoms with Gasteiger partial charge in [0.1, 0.15) is 6.54 Å². The first-order valence-electron chi connectivity index (χ1n) is 5.39. The molecule has 0 radical (unpaired) electrons. The monoisotopic (exact) mass is 315 g/mol. The molecular weight excluding hydrogens is 303 g/mol. The zero-order valence-corrected chi connectivity index (χ0v) is 11.5. The molecule has 1 aromatic carbocycles. The van der Waals surface area contributed by atoms with E-state index in [0.717, 1.165) is 0 Å². The number of hydrogen-bond donors (Lipinski definition) is 0. The molecule has 0 spiro atoms. The lowest BCUT2D eigenvalue weighted by Gasteiger charge is -2.23. The molecule has 0 saturated carbocycles. The normalized spacial score (nSPS) is 12.9. The van der Waals surface area contributed by atoms with Crippen LogP contribution < -0.4 is 0 Å². The van der Waals surface area contributed by atoms with E-state index < -0.39 is 28.5 Å². The second-order valence-electron chi connectivity index (χ2n) is 3.87. The minimum atomic E-state index is -4.59. The van der Waals surface area contributed by atoms with Crippen molar-refractivity contribution >= 4 is 21.6 Å². The summed E-state index contributed by atoms with van der Waals surface area (Å²) in [6.45, 7) is -1.83. The average molecular weight is 316 g/mol. The zero-order valence-electron chi connectivity index (χ0n) is 9.90. The number of halogens is 4. The van der Waals surface area contributed by atoms with Crippen molar-refractivity contribution in [3.63, 3.8) is 0 Å². The average Bonchev–Trinajstić information content (AvgIpc) is 2.27. The van der Waals surface area contributed by atoms with Gasteiger partial charge in [-0.3, -0.25) is 0 Å². The lowest BCUT2D eigenvalue weighted by Crippen LogP contribution is -2.40. The third-order valence-corrected chi connectivity index (χ3v) is 4.46. The molecule has 0 saturated heterocycles. The summed E-state index contributed by atoms with van der Waals surface area (Å²) >= 11 is 5.32. The lowest BCUT2D eigenvalue weighted by atomic mass is 10.2. The maximum Gasteiger partial charge on any atom is 0.402 e. The van der Waals surface area contributed by atoms with E-state index in [2.05, 4.69) is 0 Å². The number of alkyl halides is 4. The summed E-state index contributed by atoms with van der Waals surface area (Å²) in [7, 11) is -4.02. The Morgan fingerprint density at radius 3 is 2.21 bits per heavy atom. The fourth-order valence-electron chi connectivity index (χ4n) is 1.47. The summed E-state index contributed by atoms with van der Waals surface area (Å²) in [5.74, 6) is -0.761. The molecule has 0 bridgehead atoms. The Morgan fingerprint density at radius 1 is 1.16 bits per heavy atom. The van der Waals surface area contributed by atoms with Gasteiger partial charge >= 0.3 is 6.18 Å². The lowest BCUT2D eigenvalue weighted by molar-refractivity contribution is -0.136. The second-order valence-corrected chi connectivity index (χ2v) is 6.34. The van der Waals surface area contributed by atoms with Crippen molar-refractivity contribution < 1.29 is 21.6 Å². The molecule has 0 amide bonds. The first-order valence-corrected chi connectivity index (χ1v) is 7.53. The van der Waals surface area contributed by atoms with Crippen LogP contribution in [0.15, 0.2) is 30.3 Å². The fourth-order valence-corrected chi connectivity index (χ4v) is 3.19. The van der Waals surface area contributed by atoms with E-state index >= 15 is 0 Å². The molecule has 108 valence electrons. The summed E-state index contributed by atoms with van der Waals surface area (Å²) in [5, 5.41) is 0. The fraction of sp³-hybridized carbons (Fsp3) is 0.455. The van der Waals surface area contributed by atoms with Crippen molar-refractivity contribution in [2.75, 3.05) is 18.2 Å². The van der Waals surface area contributed by atoms with Crippen molar-refractivity contribution in [1.29, 1.82) is 0 Å². The summed E-state index contributed by atoms with van der Waals surface area (Å²) in [6, 6.07) is 8.11. The highest BCUT2D eigenvalue weighted by Crippen LogP contribution is 2.21. The highest BCUT2D eigenvalue weighted by Gasteiger charge is 2.35. The minimum absolute atomic E-state index is 0.245. The molecule has 0 fully saturated rings. The highest BCUT2D eigenvalue weighted by molar-refractivity contribution is 7.89. The van der Waals surface area contributed by atoms with Gasteiger partial charge in [0.2, 0.25) is 10.0 Å². The smallest absolute Gasteiger partial charge is 0.212 e. The van der Waals surface area contributed by atoms with E-state index in [4.69, 9.17) is 11.6 Å². The second kappa shape index (κ2) is 6.58. The Hall–Kier alpha value is -0.790. The van der Waals surface area contributed by atoms with Crippen LogP contribution in [0.25, 0.3) is 0 Å². The van der Waals surface area contributed by atoms with Gasteiger partial charge in [0, 0.05) is 12.4 Å². The van der Waals surface area contributed by atoms with Crippen LogP contribution in [0.5, 0.6) is 0 Å². The van der Waals surface area contributed by atoms with Gasteiger partial charge in [0.15, 0.2) is 0 Å². The third-order valence-electron chi connectivity index (χ3n) is 2.29. The van der Waals surface area contributed by atoms with Crippen molar-refractivity contribution in [1.82, 2.24) is 4.31 Å². The molecule has 8 heteroatoms. The molecule has 0 aliphatic heterocycles. The van der Waals surface area contributed by atoms with Gasteiger partial charge in [-0.05, 0) is 5.56 Å². The molecular formula is C11H13ClF3NO2S. The molecule has 0 atom stereocenters. The number of sulfonamides is 1. The predicted molar refractivity (Wildman–Crippen MR) is 67.4 cm³/mol. The van der Waals surface area contributed by atoms with Gasteiger partial charge in [-0.2, -0.15) is 17.5 Å². The maximum absolute atomic E-state index is 12.4. The first kappa shape index (κ1) is 16.3. The third kappa shape index (κ3) is 5.80. The van der Waals surface area contributed by atoms with Gasteiger partial charge in [0.05, 0.1) is 5.75 Å². The van der Waals surface area contributed by atoms with Gasteiger partial charge in [-0.25, -0.2) is 8.42 Å². The van der Waals surface area contributed by atoms with Gasteiger partial charge in [-0.1, -0.05) is 30.3 Å². The van der Waals surface area contributed by atoms with E-state index in [1.54, 1.807) is 30.3 Å². The SMILES string of the molecule is O=S(=O)(CCCl)N(Cc1ccccc1)CC(F)(F)F. The Balaban J connectivity index is 2.93. The standard InChI is InChI=1S/C11H13ClF3NO2S/c12-6-7-19(17,18)16(9-11(13,14)15)8-10-4-2-1-3-5-10/h1-5H,6-9H2. The van der Waals surface area contributed by atoms with E-state index in [-0.39, 0.29) is 12.4 Å². The number of hydrogen-bond acceptors (Lipinski definition) is 2. The molecule has 3 nitrogen and oxygen atoms in total. The number of nitrogens with zero attached hydrogens (tertiary/aromatic N) is 1. The Bertz CT molecular complexity index is 490. The summed E-state index contributed by atoms with van der Waals surface area (Å²) < 4.78 is 61.2. The summed E-state index contributed by atoms with van der Waals surface area (Å²) in [5.41, 5.74) is 0.491. The largest absolute Gasteiger partial charge is 0.402 e. The molecule has 0 N–H and O–H groups in total. The van der Waals surface area contributed by atoms with Crippen LogP contribution in [0, 0.1) is 0 Å². The van der Waals surface area contributed by atoms with Crippen LogP contribution in [0.1, 0.15) is 5.56 Å². The van der Waals surface area contributed by atoms with Gasteiger partial charge < -0.3 is 0 Å². The first-order chi connectivity index (χ1) is 8.74. The van der Waals surface area contributed by atoms with Crippen LogP contribution >= 0.6 is 11.6 Å². The zero-order chi connectivity index (χ0) is 14.5. The molecule has 0 aromatic heterocycles.